The molecule has 0 spiro atoms. The number of likely N-dealkylation sites (N-methyl/N-ethyl adjacent to an activating group) is 1. The second-order valence-corrected chi connectivity index (χ2v) is 6.82. The summed E-state index contributed by atoms with van der Waals surface area (Å²) >= 11 is 0. The van der Waals surface area contributed by atoms with E-state index in [1.807, 2.05) is 6.92 Å². The average molecular weight is 513 g/mol. The van der Waals surface area contributed by atoms with Gasteiger partial charge >= 0.3 is 6.18 Å². The minimum absolute atomic E-state index is 0. The quantitative estimate of drug-likeness (QED) is 0.349. The van der Waals surface area contributed by atoms with Gasteiger partial charge in [-0.05, 0) is 51.2 Å². The predicted molar refractivity (Wildman–Crippen MR) is 118 cm³/mol. The molecule has 0 bridgehead atoms. The lowest BCUT2D eigenvalue weighted by molar-refractivity contribution is -0.137. The van der Waals surface area contributed by atoms with Gasteiger partial charge in [0.2, 0.25) is 0 Å². The third-order valence-corrected chi connectivity index (χ3v) is 4.58. The van der Waals surface area contributed by atoms with Crippen molar-refractivity contribution >= 4 is 29.9 Å². The summed E-state index contributed by atoms with van der Waals surface area (Å²) in [5.74, 6) is 0.685. The SMILES string of the molecule is CCNC(=NCc1ccc(C(F)(F)F)cc1)NCCN1CCCN(C)CC1.I. The normalized spacial score (nSPS) is 17.0. The van der Waals surface area contributed by atoms with Gasteiger partial charge in [0.1, 0.15) is 0 Å². The van der Waals surface area contributed by atoms with Crippen LogP contribution in [0, 0.1) is 0 Å². The molecule has 0 unspecified atom stereocenters. The van der Waals surface area contributed by atoms with Crippen molar-refractivity contribution in [2.24, 2.45) is 4.99 Å². The number of alkyl halides is 3. The molecule has 1 aromatic rings. The Morgan fingerprint density at radius 3 is 2.43 bits per heavy atom. The zero-order valence-electron chi connectivity index (χ0n) is 16.6. The fourth-order valence-electron chi connectivity index (χ4n) is 2.97. The lowest BCUT2D eigenvalue weighted by atomic mass is 10.1. The van der Waals surface area contributed by atoms with Gasteiger partial charge in [-0.3, -0.25) is 0 Å². The van der Waals surface area contributed by atoms with Crippen molar-refractivity contribution in [3.63, 3.8) is 0 Å². The first-order valence-corrected chi connectivity index (χ1v) is 9.47. The molecule has 5 nitrogen and oxygen atoms in total. The zero-order chi connectivity index (χ0) is 19.7. The van der Waals surface area contributed by atoms with Crippen LogP contribution in [0.5, 0.6) is 0 Å². The summed E-state index contributed by atoms with van der Waals surface area (Å²) in [6.07, 6.45) is -3.13. The maximum Gasteiger partial charge on any atom is 0.416 e. The molecule has 1 aliphatic heterocycles. The number of hydrogen-bond acceptors (Lipinski definition) is 3. The Hall–Kier alpha value is -1.07. The molecular formula is C19H31F3IN5. The Bertz CT molecular complexity index is 592. The molecule has 1 fully saturated rings. The van der Waals surface area contributed by atoms with Gasteiger partial charge < -0.3 is 20.4 Å². The van der Waals surface area contributed by atoms with E-state index in [2.05, 4.69) is 32.5 Å². The molecule has 0 radical (unpaired) electrons. The Kier molecular flexibility index (Phi) is 11.1. The molecule has 1 aliphatic rings. The highest BCUT2D eigenvalue weighted by Gasteiger charge is 2.29. The molecule has 0 aliphatic carbocycles. The van der Waals surface area contributed by atoms with Crippen LogP contribution in [0.2, 0.25) is 0 Å². The van der Waals surface area contributed by atoms with E-state index in [-0.39, 0.29) is 24.0 Å². The fraction of sp³-hybridized carbons (Fsp3) is 0.632. The molecule has 160 valence electrons. The first-order valence-electron chi connectivity index (χ1n) is 9.47. The molecule has 28 heavy (non-hydrogen) atoms. The number of benzene rings is 1. The summed E-state index contributed by atoms with van der Waals surface area (Å²) in [7, 11) is 2.15. The maximum atomic E-state index is 12.6. The Labute approximate surface area is 182 Å². The second kappa shape index (κ2) is 12.5. The van der Waals surface area contributed by atoms with Crippen molar-refractivity contribution < 1.29 is 13.2 Å². The first-order chi connectivity index (χ1) is 12.9. The van der Waals surface area contributed by atoms with E-state index < -0.39 is 11.7 Å². The largest absolute Gasteiger partial charge is 0.416 e. The van der Waals surface area contributed by atoms with Crippen molar-refractivity contribution in [2.75, 3.05) is 52.9 Å². The van der Waals surface area contributed by atoms with Gasteiger partial charge in [0.25, 0.3) is 0 Å². The summed E-state index contributed by atoms with van der Waals surface area (Å²) in [5.41, 5.74) is 0.110. The Morgan fingerprint density at radius 2 is 1.79 bits per heavy atom. The van der Waals surface area contributed by atoms with Crippen LogP contribution in [0.3, 0.4) is 0 Å². The lowest BCUT2D eigenvalue weighted by Gasteiger charge is -2.21. The maximum absolute atomic E-state index is 12.6. The van der Waals surface area contributed by atoms with Gasteiger partial charge in [-0.2, -0.15) is 13.2 Å². The van der Waals surface area contributed by atoms with E-state index >= 15 is 0 Å². The number of hydrogen-bond donors (Lipinski definition) is 2. The van der Waals surface area contributed by atoms with Crippen molar-refractivity contribution in [3.05, 3.63) is 35.4 Å². The number of nitrogens with one attached hydrogen (secondary N) is 2. The molecule has 0 aromatic heterocycles. The molecule has 9 heteroatoms. The van der Waals surface area contributed by atoms with Gasteiger partial charge in [0.15, 0.2) is 5.96 Å². The van der Waals surface area contributed by atoms with E-state index in [0.717, 1.165) is 63.5 Å². The zero-order valence-corrected chi connectivity index (χ0v) is 18.9. The van der Waals surface area contributed by atoms with E-state index in [1.165, 1.54) is 18.6 Å². The summed E-state index contributed by atoms with van der Waals surface area (Å²) < 4.78 is 37.9. The second-order valence-electron chi connectivity index (χ2n) is 6.82. The van der Waals surface area contributed by atoms with Gasteiger partial charge in [-0.15, -0.1) is 24.0 Å². The van der Waals surface area contributed by atoms with Crippen LogP contribution in [0.25, 0.3) is 0 Å². The third-order valence-electron chi connectivity index (χ3n) is 4.58. The number of guanidine groups is 1. The Morgan fingerprint density at radius 1 is 1.07 bits per heavy atom. The average Bonchev–Trinajstić information content (AvgIpc) is 2.83. The lowest BCUT2D eigenvalue weighted by Crippen LogP contribution is -2.42. The van der Waals surface area contributed by atoms with E-state index in [9.17, 15) is 13.2 Å². The van der Waals surface area contributed by atoms with Crippen molar-refractivity contribution in [3.8, 4) is 0 Å². The smallest absolute Gasteiger partial charge is 0.357 e. The van der Waals surface area contributed by atoms with Gasteiger partial charge in [-0.25, -0.2) is 4.99 Å². The van der Waals surface area contributed by atoms with Crippen molar-refractivity contribution in [1.29, 1.82) is 0 Å². The standard InChI is InChI=1S/C19H30F3N5.HI/c1-3-23-18(24-9-12-27-11-4-10-26(2)13-14-27)25-15-16-5-7-17(8-6-16)19(20,21)22;/h5-8H,3-4,9-15H2,1-2H3,(H2,23,24,25);1H. The van der Waals surface area contributed by atoms with Crippen LogP contribution in [0.15, 0.2) is 29.3 Å². The fourth-order valence-corrected chi connectivity index (χ4v) is 2.97. The summed E-state index contributed by atoms with van der Waals surface area (Å²) in [6, 6.07) is 5.15. The highest BCUT2D eigenvalue weighted by molar-refractivity contribution is 14.0. The highest BCUT2D eigenvalue weighted by Crippen LogP contribution is 2.29. The van der Waals surface area contributed by atoms with Gasteiger partial charge in [0.05, 0.1) is 12.1 Å². The molecule has 0 atom stereocenters. The van der Waals surface area contributed by atoms with Crippen LogP contribution in [-0.2, 0) is 12.7 Å². The molecule has 0 saturated carbocycles. The van der Waals surface area contributed by atoms with E-state index in [0.29, 0.717) is 12.5 Å². The van der Waals surface area contributed by atoms with Crippen LogP contribution in [0.4, 0.5) is 13.2 Å². The molecule has 2 N–H and O–H groups in total. The number of rotatable bonds is 6. The minimum Gasteiger partial charge on any atom is -0.357 e. The predicted octanol–water partition coefficient (Wildman–Crippen LogP) is 3.02. The van der Waals surface area contributed by atoms with Gasteiger partial charge in [0, 0.05) is 32.7 Å². The van der Waals surface area contributed by atoms with Crippen molar-refractivity contribution in [1.82, 2.24) is 20.4 Å². The molecular weight excluding hydrogens is 482 g/mol. The van der Waals surface area contributed by atoms with Crippen LogP contribution in [0.1, 0.15) is 24.5 Å². The van der Waals surface area contributed by atoms with Gasteiger partial charge in [-0.1, -0.05) is 12.1 Å². The summed E-state index contributed by atoms with van der Waals surface area (Å²) in [6.45, 7) is 9.17. The summed E-state index contributed by atoms with van der Waals surface area (Å²) in [5, 5.41) is 6.49. The van der Waals surface area contributed by atoms with E-state index in [1.54, 1.807) is 0 Å². The van der Waals surface area contributed by atoms with E-state index in [4.69, 9.17) is 0 Å². The van der Waals surface area contributed by atoms with Crippen molar-refractivity contribution in [2.45, 2.75) is 26.1 Å². The number of aliphatic imine (C=N–C) groups is 1. The molecule has 1 saturated heterocycles. The van der Waals surface area contributed by atoms with Crippen LogP contribution >= 0.6 is 24.0 Å². The monoisotopic (exact) mass is 513 g/mol. The third kappa shape index (κ3) is 8.95. The highest BCUT2D eigenvalue weighted by atomic mass is 127. The van der Waals surface area contributed by atoms with Crippen LogP contribution in [-0.4, -0.2) is 68.6 Å². The number of halogens is 4. The molecule has 1 heterocycles. The minimum atomic E-state index is -4.31. The first kappa shape index (κ1) is 25.0. The number of nitrogens with zero attached hydrogens (tertiary/aromatic N) is 3. The summed E-state index contributed by atoms with van der Waals surface area (Å²) in [4.78, 5) is 9.27. The molecule has 1 aromatic carbocycles. The topological polar surface area (TPSA) is 42.9 Å². The Balaban J connectivity index is 0.00000392. The molecule has 2 rings (SSSR count). The van der Waals surface area contributed by atoms with Crippen LogP contribution < -0.4 is 10.6 Å². The molecule has 0 amide bonds.